The second-order valence-corrected chi connectivity index (χ2v) is 5.18. The molecule has 1 atom stereocenters. The third-order valence-corrected chi connectivity index (χ3v) is 3.75. The van der Waals surface area contributed by atoms with Crippen LogP contribution >= 0.6 is 0 Å². The summed E-state index contributed by atoms with van der Waals surface area (Å²) in [6, 6.07) is 2.79. The van der Waals surface area contributed by atoms with Crippen LogP contribution < -0.4 is 10.6 Å². The van der Waals surface area contributed by atoms with Crippen molar-refractivity contribution in [3.8, 4) is 0 Å². The molecule has 0 aliphatic heterocycles. The monoisotopic (exact) mass is 249 g/mol. The minimum Gasteiger partial charge on any atom is -0.352 e. The molecule has 100 valence electrons. The molecule has 1 amide bonds. The van der Waals surface area contributed by atoms with E-state index in [1.54, 1.807) is 0 Å². The predicted octanol–water partition coefficient (Wildman–Crippen LogP) is 1.83. The Hall–Kier alpha value is -1.29. The Bertz CT molecular complexity index is 393. The van der Waals surface area contributed by atoms with Crippen molar-refractivity contribution in [1.29, 1.82) is 0 Å². The van der Waals surface area contributed by atoms with Crippen molar-refractivity contribution in [2.24, 2.45) is 0 Å². The molecule has 1 heterocycles. The highest BCUT2D eigenvalue weighted by Gasteiger charge is 2.17. The average molecular weight is 249 g/mol. The van der Waals surface area contributed by atoms with E-state index < -0.39 is 0 Å². The average Bonchev–Trinajstić information content (AvgIpc) is 2.99. The molecule has 4 nitrogen and oxygen atoms in total. The van der Waals surface area contributed by atoms with Gasteiger partial charge in [-0.2, -0.15) is 0 Å². The molecule has 18 heavy (non-hydrogen) atoms. The van der Waals surface area contributed by atoms with Crippen LogP contribution in [0.2, 0.25) is 0 Å². The van der Waals surface area contributed by atoms with E-state index in [1.807, 2.05) is 24.0 Å². The van der Waals surface area contributed by atoms with Crippen molar-refractivity contribution in [2.75, 3.05) is 7.05 Å². The van der Waals surface area contributed by atoms with Gasteiger partial charge >= 0.3 is 0 Å². The van der Waals surface area contributed by atoms with Crippen LogP contribution in [0.1, 0.15) is 44.2 Å². The Morgan fingerprint density at radius 3 is 2.89 bits per heavy atom. The largest absolute Gasteiger partial charge is 0.352 e. The molecule has 1 unspecified atom stereocenters. The third kappa shape index (κ3) is 3.35. The lowest BCUT2D eigenvalue weighted by Gasteiger charge is -2.12. The molecule has 0 aromatic carbocycles. The first-order valence-corrected chi connectivity index (χ1v) is 6.81. The van der Waals surface area contributed by atoms with Crippen LogP contribution in [-0.2, 0) is 11.3 Å². The van der Waals surface area contributed by atoms with Crippen LogP contribution in [0.3, 0.4) is 0 Å². The maximum atomic E-state index is 11.9. The number of aromatic nitrogens is 1. The number of amides is 1. The lowest BCUT2D eigenvalue weighted by Crippen LogP contribution is -2.34. The van der Waals surface area contributed by atoms with Gasteiger partial charge in [0.15, 0.2) is 0 Å². The lowest BCUT2D eigenvalue weighted by molar-refractivity contribution is -0.122. The quantitative estimate of drug-likeness (QED) is 0.836. The van der Waals surface area contributed by atoms with Crippen LogP contribution in [0, 0.1) is 0 Å². The molecule has 1 fully saturated rings. The van der Waals surface area contributed by atoms with Gasteiger partial charge in [-0.3, -0.25) is 4.79 Å². The van der Waals surface area contributed by atoms with E-state index in [2.05, 4.69) is 23.6 Å². The van der Waals surface area contributed by atoms with E-state index in [1.165, 1.54) is 18.4 Å². The van der Waals surface area contributed by atoms with Gasteiger partial charge < -0.3 is 15.2 Å². The van der Waals surface area contributed by atoms with Gasteiger partial charge in [-0.25, -0.2) is 0 Å². The topological polar surface area (TPSA) is 46.1 Å². The van der Waals surface area contributed by atoms with Crippen molar-refractivity contribution < 1.29 is 4.79 Å². The fraction of sp³-hybridized carbons (Fsp3) is 0.643. The summed E-state index contributed by atoms with van der Waals surface area (Å²) in [5, 5.41) is 6.30. The van der Waals surface area contributed by atoms with Crippen molar-refractivity contribution in [1.82, 2.24) is 15.2 Å². The summed E-state index contributed by atoms with van der Waals surface area (Å²) in [6.07, 6.45) is 8.78. The molecular formula is C14H23N3O. The van der Waals surface area contributed by atoms with Crippen LogP contribution in [0.4, 0.5) is 0 Å². The standard InChI is InChI=1S/C14H23N3O/c1-11(15-2)12-7-8-17(9-12)10-14(18)16-13-5-3-4-6-13/h7-9,11,13,15H,3-6,10H2,1-2H3,(H,16,18). The normalized spacial score (nSPS) is 17.9. The Kier molecular flexibility index (Phi) is 4.42. The zero-order valence-electron chi connectivity index (χ0n) is 11.3. The molecule has 0 radical (unpaired) electrons. The molecule has 1 aromatic rings. The van der Waals surface area contributed by atoms with Crippen molar-refractivity contribution in [3.05, 3.63) is 24.0 Å². The highest BCUT2D eigenvalue weighted by Crippen LogP contribution is 2.17. The van der Waals surface area contributed by atoms with Gasteiger partial charge in [0.1, 0.15) is 6.54 Å². The first-order chi connectivity index (χ1) is 8.69. The second kappa shape index (κ2) is 6.05. The van der Waals surface area contributed by atoms with Gasteiger partial charge in [-0.1, -0.05) is 12.8 Å². The summed E-state index contributed by atoms with van der Waals surface area (Å²) in [5.41, 5.74) is 1.21. The summed E-state index contributed by atoms with van der Waals surface area (Å²) in [5.74, 6) is 0.126. The van der Waals surface area contributed by atoms with E-state index in [4.69, 9.17) is 0 Å². The number of rotatable bonds is 5. The van der Waals surface area contributed by atoms with Crippen LogP contribution in [-0.4, -0.2) is 23.6 Å². The fourth-order valence-corrected chi connectivity index (χ4v) is 2.49. The molecule has 1 aliphatic carbocycles. The number of carbonyl (C=O) groups is 1. The third-order valence-electron chi connectivity index (χ3n) is 3.75. The smallest absolute Gasteiger partial charge is 0.240 e. The molecule has 0 spiro atoms. The van der Waals surface area contributed by atoms with Gasteiger partial charge in [0.05, 0.1) is 0 Å². The molecule has 0 saturated heterocycles. The molecule has 4 heteroatoms. The maximum Gasteiger partial charge on any atom is 0.240 e. The Balaban J connectivity index is 1.84. The van der Waals surface area contributed by atoms with E-state index in [-0.39, 0.29) is 5.91 Å². The molecule has 1 saturated carbocycles. The van der Waals surface area contributed by atoms with Gasteiger partial charge in [0.25, 0.3) is 0 Å². The van der Waals surface area contributed by atoms with E-state index in [9.17, 15) is 4.79 Å². The van der Waals surface area contributed by atoms with E-state index in [0.717, 1.165) is 12.8 Å². The summed E-state index contributed by atoms with van der Waals surface area (Å²) in [4.78, 5) is 11.9. The van der Waals surface area contributed by atoms with Crippen LogP contribution in [0.25, 0.3) is 0 Å². The highest BCUT2D eigenvalue weighted by molar-refractivity contribution is 5.76. The fourth-order valence-electron chi connectivity index (χ4n) is 2.49. The molecule has 2 N–H and O–H groups in total. The SMILES string of the molecule is CNC(C)c1ccn(CC(=O)NC2CCCC2)c1. The first-order valence-electron chi connectivity index (χ1n) is 6.81. The second-order valence-electron chi connectivity index (χ2n) is 5.18. The molecular weight excluding hydrogens is 226 g/mol. The Labute approximate surface area is 109 Å². The van der Waals surface area contributed by atoms with E-state index in [0.29, 0.717) is 18.6 Å². The van der Waals surface area contributed by atoms with Crippen molar-refractivity contribution >= 4 is 5.91 Å². The molecule has 1 aromatic heterocycles. The highest BCUT2D eigenvalue weighted by atomic mass is 16.2. The van der Waals surface area contributed by atoms with Crippen molar-refractivity contribution in [2.45, 2.75) is 51.2 Å². The van der Waals surface area contributed by atoms with Crippen molar-refractivity contribution in [3.63, 3.8) is 0 Å². The summed E-state index contributed by atoms with van der Waals surface area (Å²) >= 11 is 0. The number of hydrogen-bond acceptors (Lipinski definition) is 2. The molecule has 2 rings (SSSR count). The molecule has 1 aliphatic rings. The summed E-state index contributed by atoms with van der Waals surface area (Å²) in [6.45, 7) is 2.53. The van der Waals surface area contributed by atoms with Gasteiger partial charge in [0.2, 0.25) is 5.91 Å². The zero-order valence-corrected chi connectivity index (χ0v) is 11.3. The summed E-state index contributed by atoms with van der Waals surface area (Å²) in [7, 11) is 1.94. The van der Waals surface area contributed by atoms with Crippen LogP contribution in [0.15, 0.2) is 18.5 Å². The minimum absolute atomic E-state index is 0.126. The van der Waals surface area contributed by atoms with E-state index >= 15 is 0 Å². The maximum absolute atomic E-state index is 11.9. The zero-order chi connectivity index (χ0) is 13.0. The number of hydrogen-bond donors (Lipinski definition) is 2. The number of carbonyl (C=O) groups excluding carboxylic acids is 1. The predicted molar refractivity (Wildman–Crippen MR) is 72.3 cm³/mol. The summed E-state index contributed by atoms with van der Waals surface area (Å²) < 4.78 is 1.95. The Morgan fingerprint density at radius 1 is 1.50 bits per heavy atom. The minimum atomic E-state index is 0.126. The lowest BCUT2D eigenvalue weighted by atomic mass is 10.2. The first kappa shape index (κ1) is 13.1. The van der Waals surface area contributed by atoms with Gasteiger partial charge in [0, 0.05) is 24.5 Å². The van der Waals surface area contributed by atoms with Crippen LogP contribution in [0.5, 0.6) is 0 Å². The molecule has 0 bridgehead atoms. The number of nitrogens with zero attached hydrogens (tertiary/aromatic N) is 1. The Morgan fingerprint density at radius 2 is 2.22 bits per heavy atom. The van der Waals surface area contributed by atoms with Gasteiger partial charge in [-0.15, -0.1) is 0 Å². The number of nitrogens with one attached hydrogen (secondary N) is 2. The van der Waals surface area contributed by atoms with Gasteiger partial charge in [-0.05, 0) is 38.4 Å².